The number of amides is 1. The summed E-state index contributed by atoms with van der Waals surface area (Å²) >= 11 is 0. The van der Waals surface area contributed by atoms with Gasteiger partial charge in [0, 0.05) is 13.7 Å². The van der Waals surface area contributed by atoms with Crippen molar-refractivity contribution in [1.82, 2.24) is 5.32 Å². The number of hydrogen-bond acceptors (Lipinski definition) is 3. The van der Waals surface area contributed by atoms with Crippen molar-refractivity contribution in [3.63, 3.8) is 0 Å². The summed E-state index contributed by atoms with van der Waals surface area (Å²) < 4.78 is 5.05. The van der Waals surface area contributed by atoms with Crippen molar-refractivity contribution in [1.29, 1.82) is 0 Å². The Morgan fingerprint density at radius 3 is 2.42 bits per heavy atom. The quantitative estimate of drug-likeness (QED) is 0.789. The zero-order chi connectivity index (χ0) is 14.3. The van der Waals surface area contributed by atoms with Gasteiger partial charge < -0.3 is 15.8 Å². The second kappa shape index (κ2) is 7.92. The van der Waals surface area contributed by atoms with Crippen LogP contribution in [0.25, 0.3) is 0 Å². The Hall–Kier alpha value is -1.39. The molecule has 0 bridgehead atoms. The molecule has 1 aromatic rings. The number of nitrogens with two attached hydrogens (primary N) is 1. The zero-order valence-electron chi connectivity index (χ0n) is 12.0. The third-order valence-corrected chi connectivity index (χ3v) is 3.36. The van der Waals surface area contributed by atoms with E-state index < -0.39 is 6.04 Å². The fourth-order valence-corrected chi connectivity index (χ4v) is 1.74. The maximum Gasteiger partial charge on any atom is 0.237 e. The van der Waals surface area contributed by atoms with Crippen LogP contribution in [0, 0.1) is 5.92 Å². The van der Waals surface area contributed by atoms with Gasteiger partial charge >= 0.3 is 0 Å². The molecule has 0 saturated heterocycles. The summed E-state index contributed by atoms with van der Waals surface area (Å²) in [7, 11) is 1.67. The number of methoxy groups -OCH3 is 1. The molecule has 0 saturated carbocycles. The summed E-state index contributed by atoms with van der Waals surface area (Å²) in [6.45, 7) is 5.14. The van der Waals surface area contributed by atoms with Gasteiger partial charge in [0.2, 0.25) is 5.91 Å². The van der Waals surface area contributed by atoms with Crippen LogP contribution in [-0.4, -0.2) is 19.1 Å². The van der Waals surface area contributed by atoms with E-state index in [1.807, 2.05) is 38.1 Å². The van der Waals surface area contributed by atoms with E-state index in [1.165, 1.54) is 0 Å². The summed E-state index contributed by atoms with van der Waals surface area (Å²) in [4.78, 5) is 11.8. The second-order valence-corrected chi connectivity index (χ2v) is 4.88. The van der Waals surface area contributed by atoms with Crippen molar-refractivity contribution < 1.29 is 9.53 Å². The molecule has 0 spiro atoms. The molecule has 106 valence electrons. The zero-order valence-corrected chi connectivity index (χ0v) is 12.0. The van der Waals surface area contributed by atoms with Crippen LogP contribution in [0.2, 0.25) is 0 Å². The summed E-state index contributed by atoms with van der Waals surface area (Å²) in [5, 5.41) is 2.87. The van der Waals surface area contributed by atoms with Gasteiger partial charge in [0.1, 0.15) is 0 Å². The Labute approximate surface area is 115 Å². The number of hydrogen-bond donors (Lipinski definition) is 2. The van der Waals surface area contributed by atoms with E-state index in [9.17, 15) is 4.79 Å². The summed E-state index contributed by atoms with van der Waals surface area (Å²) in [6, 6.07) is 7.55. The average Bonchev–Trinajstić information content (AvgIpc) is 2.44. The average molecular weight is 264 g/mol. The van der Waals surface area contributed by atoms with Crippen LogP contribution in [-0.2, 0) is 22.7 Å². The Kier molecular flexibility index (Phi) is 6.53. The molecule has 0 heterocycles. The first-order chi connectivity index (χ1) is 9.08. The minimum absolute atomic E-state index is 0.0877. The lowest BCUT2D eigenvalue weighted by Crippen LogP contribution is -2.44. The fourth-order valence-electron chi connectivity index (χ4n) is 1.74. The molecule has 3 N–H and O–H groups in total. The second-order valence-electron chi connectivity index (χ2n) is 4.88. The van der Waals surface area contributed by atoms with Crippen LogP contribution in [0.3, 0.4) is 0 Å². The maximum absolute atomic E-state index is 11.8. The van der Waals surface area contributed by atoms with Crippen LogP contribution < -0.4 is 11.1 Å². The highest BCUT2D eigenvalue weighted by Crippen LogP contribution is 2.07. The van der Waals surface area contributed by atoms with Crippen molar-refractivity contribution in [2.45, 2.75) is 39.5 Å². The molecule has 0 aromatic heterocycles. The minimum atomic E-state index is -0.433. The third kappa shape index (κ3) is 5.01. The van der Waals surface area contributed by atoms with Gasteiger partial charge in [0.05, 0.1) is 12.6 Å². The first kappa shape index (κ1) is 15.7. The molecule has 19 heavy (non-hydrogen) atoms. The van der Waals surface area contributed by atoms with Gasteiger partial charge in [-0.25, -0.2) is 0 Å². The summed E-state index contributed by atoms with van der Waals surface area (Å²) in [5.41, 5.74) is 8.05. The molecular formula is C15H24N2O2. The molecule has 1 rings (SSSR count). The molecule has 0 aliphatic carbocycles. The monoisotopic (exact) mass is 264 g/mol. The molecule has 1 aromatic carbocycles. The molecule has 4 nitrogen and oxygen atoms in total. The Bertz CT molecular complexity index is 390. The van der Waals surface area contributed by atoms with Gasteiger partial charge in [-0.3, -0.25) is 4.79 Å². The molecular weight excluding hydrogens is 240 g/mol. The van der Waals surface area contributed by atoms with E-state index in [1.54, 1.807) is 7.11 Å². The lowest BCUT2D eigenvalue weighted by molar-refractivity contribution is -0.123. The Balaban J connectivity index is 2.45. The fraction of sp³-hybridized carbons (Fsp3) is 0.533. The number of benzene rings is 1. The number of carbonyl (C=O) groups is 1. The molecule has 2 atom stereocenters. The molecule has 0 radical (unpaired) electrons. The topological polar surface area (TPSA) is 64.4 Å². The third-order valence-electron chi connectivity index (χ3n) is 3.36. The van der Waals surface area contributed by atoms with Crippen LogP contribution in [0.15, 0.2) is 24.3 Å². The van der Waals surface area contributed by atoms with E-state index >= 15 is 0 Å². The SMILES string of the molecule is CCC(C)C(N)C(=O)NCc1ccc(COC)cc1. The molecule has 4 heteroatoms. The minimum Gasteiger partial charge on any atom is -0.380 e. The van der Waals surface area contributed by atoms with Crippen molar-refractivity contribution in [3.05, 3.63) is 35.4 Å². The summed E-state index contributed by atoms with van der Waals surface area (Å²) in [6.07, 6.45) is 0.903. The smallest absolute Gasteiger partial charge is 0.237 e. The highest BCUT2D eigenvalue weighted by atomic mass is 16.5. The predicted molar refractivity (Wildman–Crippen MR) is 76.4 cm³/mol. The Morgan fingerprint density at radius 1 is 1.32 bits per heavy atom. The predicted octanol–water partition coefficient (Wildman–Crippen LogP) is 1.82. The van der Waals surface area contributed by atoms with Gasteiger partial charge in [0.25, 0.3) is 0 Å². The maximum atomic E-state index is 11.8. The first-order valence-electron chi connectivity index (χ1n) is 6.68. The molecule has 0 fully saturated rings. The molecule has 0 aliphatic heterocycles. The lowest BCUT2D eigenvalue weighted by Gasteiger charge is -2.17. The number of nitrogens with one attached hydrogen (secondary N) is 1. The summed E-state index contributed by atoms with van der Waals surface area (Å²) in [5.74, 6) is 0.111. The number of carbonyl (C=O) groups excluding carboxylic acids is 1. The van der Waals surface area contributed by atoms with Gasteiger partial charge in [-0.05, 0) is 17.0 Å². The Morgan fingerprint density at radius 2 is 1.89 bits per heavy atom. The van der Waals surface area contributed by atoms with Gasteiger partial charge in [-0.1, -0.05) is 44.5 Å². The van der Waals surface area contributed by atoms with Gasteiger partial charge in [-0.2, -0.15) is 0 Å². The number of rotatable bonds is 7. The van der Waals surface area contributed by atoms with Crippen molar-refractivity contribution in [2.75, 3.05) is 7.11 Å². The van der Waals surface area contributed by atoms with E-state index in [0.29, 0.717) is 13.2 Å². The van der Waals surface area contributed by atoms with Crippen LogP contribution in [0.1, 0.15) is 31.4 Å². The van der Waals surface area contributed by atoms with Gasteiger partial charge in [-0.15, -0.1) is 0 Å². The largest absolute Gasteiger partial charge is 0.380 e. The van der Waals surface area contributed by atoms with Crippen LogP contribution >= 0.6 is 0 Å². The van der Waals surface area contributed by atoms with Crippen LogP contribution in [0.4, 0.5) is 0 Å². The van der Waals surface area contributed by atoms with E-state index in [-0.39, 0.29) is 11.8 Å². The van der Waals surface area contributed by atoms with Crippen molar-refractivity contribution in [2.24, 2.45) is 11.7 Å². The molecule has 2 unspecified atom stereocenters. The normalized spacial score (nSPS) is 13.9. The lowest BCUT2D eigenvalue weighted by atomic mass is 9.99. The highest BCUT2D eigenvalue weighted by Gasteiger charge is 2.18. The van der Waals surface area contributed by atoms with Crippen LogP contribution in [0.5, 0.6) is 0 Å². The van der Waals surface area contributed by atoms with Gasteiger partial charge in [0.15, 0.2) is 0 Å². The van der Waals surface area contributed by atoms with Crippen molar-refractivity contribution in [3.8, 4) is 0 Å². The standard InChI is InChI=1S/C15H24N2O2/c1-4-11(2)14(16)15(18)17-9-12-5-7-13(8-6-12)10-19-3/h5-8,11,14H,4,9-10,16H2,1-3H3,(H,17,18). The van der Waals surface area contributed by atoms with E-state index in [2.05, 4.69) is 5.32 Å². The number of ether oxygens (including phenoxy) is 1. The first-order valence-corrected chi connectivity index (χ1v) is 6.68. The van der Waals surface area contributed by atoms with Crippen molar-refractivity contribution >= 4 is 5.91 Å². The molecule has 0 aliphatic rings. The molecule has 1 amide bonds. The van der Waals surface area contributed by atoms with E-state index in [0.717, 1.165) is 17.5 Å². The highest BCUT2D eigenvalue weighted by molar-refractivity contribution is 5.81. The van der Waals surface area contributed by atoms with E-state index in [4.69, 9.17) is 10.5 Å².